The number of benzene rings is 3. The number of nitrogens with two attached hydrogens (primary N) is 1. The number of rotatable bonds is 11. The summed E-state index contributed by atoms with van der Waals surface area (Å²) in [5, 5.41) is 4.59. The maximum Gasteiger partial charge on any atom is 0.212 e. The zero-order valence-corrected chi connectivity index (χ0v) is 25.1. The highest BCUT2D eigenvalue weighted by Crippen LogP contribution is 2.36. The van der Waals surface area contributed by atoms with E-state index in [0.29, 0.717) is 41.3 Å². The molecule has 0 bridgehead atoms. The molecule has 0 unspecified atom stereocenters. The van der Waals surface area contributed by atoms with Gasteiger partial charge in [-0.15, -0.1) is 0 Å². The Kier molecular flexibility index (Phi) is 8.44. The van der Waals surface area contributed by atoms with Gasteiger partial charge in [-0.2, -0.15) is 9.78 Å². The Morgan fingerprint density at radius 3 is 2.38 bits per heavy atom. The summed E-state index contributed by atoms with van der Waals surface area (Å²) in [6.45, 7) is 8.95. The van der Waals surface area contributed by atoms with E-state index in [1.54, 1.807) is 30.5 Å². The van der Waals surface area contributed by atoms with Gasteiger partial charge < -0.3 is 15.2 Å². The standard InChI is InChI=1S/C32H35N5O4S/c1-5-7-10-17-41-27-16-14-23(19-28(27)40-6-2)20-34-37-31(33)30(42(38,39)24-15-13-21(3)22(4)18-24)29-32(37)36-26-12-9-8-11-25(26)35-29/h8-9,11-16,18-20H,5-7,10,17,33H2,1-4H3/b34-20+. The molecule has 3 aromatic carbocycles. The van der Waals surface area contributed by atoms with Crippen molar-refractivity contribution < 1.29 is 17.9 Å². The van der Waals surface area contributed by atoms with E-state index in [2.05, 4.69) is 17.0 Å². The third-order valence-electron chi connectivity index (χ3n) is 7.08. The molecule has 0 atom stereocenters. The molecule has 5 aromatic rings. The van der Waals surface area contributed by atoms with E-state index in [9.17, 15) is 8.42 Å². The number of aromatic nitrogens is 3. The summed E-state index contributed by atoms with van der Waals surface area (Å²) in [7, 11) is -4.06. The lowest BCUT2D eigenvalue weighted by Crippen LogP contribution is -2.07. The van der Waals surface area contributed by atoms with Gasteiger partial charge in [-0.25, -0.2) is 18.4 Å². The minimum Gasteiger partial charge on any atom is -0.490 e. The van der Waals surface area contributed by atoms with E-state index in [0.717, 1.165) is 30.4 Å². The van der Waals surface area contributed by atoms with Crippen LogP contribution < -0.4 is 15.2 Å². The Balaban J connectivity index is 1.62. The number of hydrogen-bond donors (Lipinski definition) is 1. The number of nitrogen functional groups attached to an aromatic ring is 1. The van der Waals surface area contributed by atoms with Gasteiger partial charge in [0.05, 0.1) is 35.4 Å². The van der Waals surface area contributed by atoms with E-state index in [4.69, 9.17) is 20.2 Å². The molecule has 5 rings (SSSR count). The highest BCUT2D eigenvalue weighted by atomic mass is 32.2. The molecule has 9 nitrogen and oxygen atoms in total. The smallest absolute Gasteiger partial charge is 0.212 e. The van der Waals surface area contributed by atoms with Crippen molar-refractivity contribution in [3.05, 3.63) is 77.4 Å². The number of para-hydroxylation sites is 2. The number of ether oxygens (including phenoxy) is 2. The van der Waals surface area contributed by atoms with Gasteiger partial charge in [0, 0.05) is 0 Å². The lowest BCUT2D eigenvalue weighted by atomic mass is 10.1. The molecule has 2 N–H and O–H groups in total. The number of unbranched alkanes of at least 4 members (excludes halogenated alkanes) is 2. The number of anilines is 1. The maximum atomic E-state index is 14.0. The van der Waals surface area contributed by atoms with E-state index in [-0.39, 0.29) is 26.8 Å². The Morgan fingerprint density at radius 2 is 1.67 bits per heavy atom. The maximum absolute atomic E-state index is 14.0. The molecule has 0 saturated carbocycles. The van der Waals surface area contributed by atoms with Crippen LogP contribution in [0.1, 0.15) is 49.8 Å². The van der Waals surface area contributed by atoms with Crippen molar-refractivity contribution in [3.63, 3.8) is 0 Å². The number of nitrogens with zero attached hydrogens (tertiary/aromatic N) is 4. The second-order valence-corrected chi connectivity index (χ2v) is 12.0. The monoisotopic (exact) mass is 585 g/mol. The molecule has 0 aliphatic carbocycles. The van der Waals surface area contributed by atoms with Crippen molar-refractivity contribution in [1.29, 1.82) is 0 Å². The lowest BCUT2D eigenvalue weighted by molar-refractivity contribution is 0.271. The fraction of sp³-hybridized carbons (Fsp3) is 0.281. The first-order valence-corrected chi connectivity index (χ1v) is 15.6. The van der Waals surface area contributed by atoms with Crippen LogP contribution in [0.3, 0.4) is 0 Å². The van der Waals surface area contributed by atoms with Gasteiger partial charge in [0.25, 0.3) is 0 Å². The minimum atomic E-state index is -4.06. The molecule has 0 spiro atoms. The van der Waals surface area contributed by atoms with Crippen molar-refractivity contribution in [2.24, 2.45) is 5.10 Å². The number of aryl methyl sites for hydroxylation is 2. The Morgan fingerprint density at radius 1 is 0.905 bits per heavy atom. The van der Waals surface area contributed by atoms with Crippen molar-refractivity contribution >= 4 is 44.1 Å². The predicted molar refractivity (Wildman–Crippen MR) is 166 cm³/mol. The molecule has 2 aromatic heterocycles. The topological polar surface area (TPSA) is 122 Å². The van der Waals surface area contributed by atoms with Crippen molar-refractivity contribution in [2.45, 2.75) is 56.7 Å². The van der Waals surface area contributed by atoms with Gasteiger partial charge >= 0.3 is 0 Å². The van der Waals surface area contributed by atoms with Crippen LogP contribution in [0.25, 0.3) is 22.2 Å². The van der Waals surface area contributed by atoms with Crippen LogP contribution >= 0.6 is 0 Å². The summed E-state index contributed by atoms with van der Waals surface area (Å²) in [6.07, 6.45) is 4.76. The van der Waals surface area contributed by atoms with Crippen molar-refractivity contribution in [2.75, 3.05) is 18.9 Å². The molecule has 10 heteroatoms. The molecule has 0 aliphatic heterocycles. The van der Waals surface area contributed by atoms with E-state index in [1.807, 2.05) is 57.2 Å². The molecule has 0 aliphatic rings. The molecular weight excluding hydrogens is 550 g/mol. The SMILES string of the molecule is CCCCCOc1ccc(/C=N/n2c(N)c(S(=O)(=O)c3ccc(C)c(C)c3)c3nc4ccccc4nc32)cc1OCC. The average Bonchev–Trinajstić information content (AvgIpc) is 3.25. The Bertz CT molecular complexity index is 1900. The van der Waals surface area contributed by atoms with Crippen LogP contribution in [-0.2, 0) is 9.84 Å². The first-order chi connectivity index (χ1) is 20.2. The zero-order chi connectivity index (χ0) is 29.9. The van der Waals surface area contributed by atoms with Crippen LogP contribution in [0.2, 0.25) is 0 Å². The van der Waals surface area contributed by atoms with Gasteiger partial charge in [0.15, 0.2) is 17.1 Å². The minimum absolute atomic E-state index is 0.0734. The van der Waals surface area contributed by atoms with Gasteiger partial charge in [-0.1, -0.05) is 38.0 Å². The van der Waals surface area contributed by atoms with Crippen LogP contribution in [0, 0.1) is 13.8 Å². The molecular formula is C32H35N5O4S. The highest BCUT2D eigenvalue weighted by molar-refractivity contribution is 7.92. The average molecular weight is 586 g/mol. The third kappa shape index (κ3) is 5.67. The number of sulfone groups is 1. The second-order valence-electron chi connectivity index (χ2n) is 10.1. The first-order valence-electron chi connectivity index (χ1n) is 14.1. The van der Waals surface area contributed by atoms with Crippen LogP contribution in [0.4, 0.5) is 5.82 Å². The van der Waals surface area contributed by atoms with Gasteiger partial charge in [-0.3, -0.25) is 0 Å². The fourth-order valence-corrected chi connectivity index (χ4v) is 6.22. The molecule has 0 fully saturated rings. The summed E-state index contributed by atoms with van der Waals surface area (Å²) in [5.74, 6) is 1.19. The van der Waals surface area contributed by atoms with E-state index in [1.165, 1.54) is 4.68 Å². The third-order valence-corrected chi connectivity index (χ3v) is 8.90. The lowest BCUT2D eigenvalue weighted by Gasteiger charge is -2.12. The quantitative estimate of drug-likeness (QED) is 0.139. The molecule has 218 valence electrons. The number of hydrogen-bond acceptors (Lipinski definition) is 8. The highest BCUT2D eigenvalue weighted by Gasteiger charge is 2.30. The first kappa shape index (κ1) is 29.1. The molecule has 0 amide bonds. The Hall–Kier alpha value is -4.44. The molecule has 0 saturated heterocycles. The van der Waals surface area contributed by atoms with Crippen LogP contribution in [0.5, 0.6) is 11.5 Å². The summed E-state index contributed by atoms with van der Waals surface area (Å²) < 4.78 is 41.1. The zero-order valence-electron chi connectivity index (χ0n) is 24.3. The van der Waals surface area contributed by atoms with Gasteiger partial charge in [0.2, 0.25) is 9.84 Å². The molecule has 0 radical (unpaired) electrons. The Labute approximate surface area is 245 Å². The summed E-state index contributed by atoms with van der Waals surface area (Å²) in [4.78, 5) is 9.41. The fourth-order valence-electron chi connectivity index (χ4n) is 4.65. The van der Waals surface area contributed by atoms with E-state index >= 15 is 0 Å². The van der Waals surface area contributed by atoms with Gasteiger partial charge in [-0.05, 0) is 86.3 Å². The summed E-state index contributed by atoms with van der Waals surface area (Å²) >= 11 is 0. The molecule has 42 heavy (non-hydrogen) atoms. The molecule has 2 heterocycles. The van der Waals surface area contributed by atoms with Gasteiger partial charge in [0.1, 0.15) is 16.2 Å². The normalized spacial score (nSPS) is 12.0. The second kappa shape index (κ2) is 12.2. The van der Waals surface area contributed by atoms with E-state index < -0.39 is 9.84 Å². The van der Waals surface area contributed by atoms with Crippen LogP contribution in [0.15, 0.2) is 75.6 Å². The summed E-state index contributed by atoms with van der Waals surface area (Å²) in [5.41, 5.74) is 10.7. The largest absolute Gasteiger partial charge is 0.490 e. The predicted octanol–water partition coefficient (Wildman–Crippen LogP) is 6.47. The van der Waals surface area contributed by atoms with Crippen molar-refractivity contribution in [1.82, 2.24) is 14.6 Å². The van der Waals surface area contributed by atoms with Crippen molar-refractivity contribution in [3.8, 4) is 11.5 Å². The summed E-state index contributed by atoms with van der Waals surface area (Å²) in [6, 6.07) is 17.8. The van der Waals surface area contributed by atoms with Crippen LogP contribution in [-0.4, -0.2) is 42.5 Å². The number of fused-ring (bicyclic) bond motifs is 2.